The van der Waals surface area contributed by atoms with Gasteiger partial charge >= 0.3 is 0 Å². The zero-order valence-corrected chi connectivity index (χ0v) is 12.7. The normalized spacial score (nSPS) is 11.9. The van der Waals surface area contributed by atoms with Crippen LogP contribution in [0.5, 0.6) is 5.75 Å². The van der Waals surface area contributed by atoms with Crippen molar-refractivity contribution in [3.8, 4) is 5.75 Å². The molecule has 1 aromatic carbocycles. The number of nitrogens with one attached hydrogen (secondary N) is 2. The maximum absolute atomic E-state index is 11.6. The number of carbonyl (C=O) groups excluding carboxylic acids is 2. The van der Waals surface area contributed by atoms with Gasteiger partial charge in [0.1, 0.15) is 5.75 Å². The number of carbonyl (C=O) groups is 2. The second-order valence-corrected chi connectivity index (χ2v) is 5.11. The van der Waals surface area contributed by atoms with E-state index in [1.54, 1.807) is 7.11 Å². The van der Waals surface area contributed by atoms with Crippen molar-refractivity contribution in [3.05, 3.63) is 29.8 Å². The fourth-order valence-electron chi connectivity index (χ4n) is 1.59. The summed E-state index contributed by atoms with van der Waals surface area (Å²) in [5.74, 6) is 0.229. The van der Waals surface area contributed by atoms with Crippen molar-refractivity contribution in [3.63, 3.8) is 0 Å². The molecule has 0 heterocycles. The lowest BCUT2D eigenvalue weighted by atomic mass is 10.1. The molecule has 0 aliphatic heterocycles. The third kappa shape index (κ3) is 5.83. The molecule has 0 aliphatic carbocycles. The number of hydrogen-bond donors (Lipinski definition) is 3. The molecule has 0 radical (unpaired) electrons. The van der Waals surface area contributed by atoms with E-state index in [0.717, 1.165) is 11.3 Å². The van der Waals surface area contributed by atoms with Crippen molar-refractivity contribution in [2.45, 2.75) is 26.4 Å². The first-order chi connectivity index (χ1) is 9.93. The van der Waals surface area contributed by atoms with Gasteiger partial charge in [-0.1, -0.05) is 26.0 Å². The van der Waals surface area contributed by atoms with Gasteiger partial charge in [0, 0.05) is 6.54 Å². The lowest BCUT2D eigenvalue weighted by Crippen LogP contribution is -2.47. The van der Waals surface area contributed by atoms with Crippen LogP contribution in [0, 0.1) is 5.92 Å². The van der Waals surface area contributed by atoms with E-state index in [1.807, 2.05) is 38.1 Å². The minimum atomic E-state index is -0.598. The molecular formula is C15H23N3O3. The Morgan fingerprint density at radius 2 is 1.81 bits per heavy atom. The molecule has 0 spiro atoms. The van der Waals surface area contributed by atoms with E-state index in [4.69, 9.17) is 10.5 Å². The molecule has 1 atom stereocenters. The highest BCUT2D eigenvalue weighted by Gasteiger charge is 2.17. The molecule has 0 aromatic heterocycles. The number of benzene rings is 1. The lowest BCUT2D eigenvalue weighted by molar-refractivity contribution is -0.127. The minimum Gasteiger partial charge on any atom is -0.497 e. The largest absolute Gasteiger partial charge is 0.497 e. The third-order valence-electron chi connectivity index (χ3n) is 3.09. The summed E-state index contributed by atoms with van der Waals surface area (Å²) in [4.78, 5) is 23.2. The van der Waals surface area contributed by atoms with E-state index in [1.165, 1.54) is 0 Å². The van der Waals surface area contributed by atoms with Crippen molar-refractivity contribution >= 4 is 11.8 Å². The number of methoxy groups -OCH3 is 1. The van der Waals surface area contributed by atoms with Crippen LogP contribution < -0.4 is 21.1 Å². The lowest BCUT2D eigenvalue weighted by Gasteiger charge is -2.15. The van der Waals surface area contributed by atoms with Crippen LogP contribution in [0.25, 0.3) is 0 Å². The number of rotatable bonds is 7. The van der Waals surface area contributed by atoms with Gasteiger partial charge < -0.3 is 21.1 Å². The summed E-state index contributed by atoms with van der Waals surface area (Å²) < 4.78 is 5.05. The van der Waals surface area contributed by atoms with Crippen molar-refractivity contribution < 1.29 is 14.3 Å². The van der Waals surface area contributed by atoms with Crippen molar-refractivity contribution in [1.29, 1.82) is 0 Å². The van der Waals surface area contributed by atoms with Gasteiger partial charge in [-0.15, -0.1) is 0 Å². The second-order valence-electron chi connectivity index (χ2n) is 5.11. The molecule has 6 heteroatoms. The van der Waals surface area contributed by atoms with Gasteiger partial charge in [-0.05, 0) is 23.6 Å². The molecule has 0 bridgehead atoms. The highest BCUT2D eigenvalue weighted by atomic mass is 16.5. The molecule has 0 aliphatic rings. The molecule has 0 fully saturated rings. The molecule has 0 saturated carbocycles. The quantitative estimate of drug-likeness (QED) is 0.679. The molecule has 1 aromatic rings. The Morgan fingerprint density at radius 1 is 1.19 bits per heavy atom. The number of nitrogens with two attached hydrogens (primary N) is 1. The second kappa shape index (κ2) is 8.26. The first-order valence-corrected chi connectivity index (χ1v) is 6.87. The molecule has 21 heavy (non-hydrogen) atoms. The molecule has 4 N–H and O–H groups in total. The average Bonchev–Trinajstić information content (AvgIpc) is 2.50. The van der Waals surface area contributed by atoms with Crippen LogP contribution in [0.1, 0.15) is 19.4 Å². The van der Waals surface area contributed by atoms with E-state index in [-0.39, 0.29) is 24.3 Å². The summed E-state index contributed by atoms with van der Waals surface area (Å²) in [6, 6.07) is 6.79. The summed E-state index contributed by atoms with van der Waals surface area (Å²) in [6.45, 7) is 4.03. The van der Waals surface area contributed by atoms with E-state index in [2.05, 4.69) is 10.6 Å². The first kappa shape index (κ1) is 17.0. The predicted octanol–water partition coefficient (Wildman–Crippen LogP) is 0.411. The van der Waals surface area contributed by atoms with Crippen LogP contribution in [0.15, 0.2) is 24.3 Å². The topological polar surface area (TPSA) is 93.5 Å². The first-order valence-electron chi connectivity index (χ1n) is 6.87. The number of ether oxygens (including phenoxy) is 1. The highest BCUT2D eigenvalue weighted by Crippen LogP contribution is 2.10. The summed E-state index contributed by atoms with van der Waals surface area (Å²) in [5, 5.41) is 5.25. The highest BCUT2D eigenvalue weighted by molar-refractivity contribution is 5.87. The zero-order valence-electron chi connectivity index (χ0n) is 12.7. The van der Waals surface area contributed by atoms with Crippen molar-refractivity contribution in [1.82, 2.24) is 10.6 Å². The zero-order chi connectivity index (χ0) is 15.8. The summed E-state index contributed by atoms with van der Waals surface area (Å²) in [6.07, 6.45) is 0. The Balaban J connectivity index is 2.32. The van der Waals surface area contributed by atoms with Gasteiger partial charge in [-0.2, -0.15) is 0 Å². The van der Waals surface area contributed by atoms with E-state index < -0.39 is 6.04 Å². The van der Waals surface area contributed by atoms with Gasteiger partial charge in [0.05, 0.1) is 19.7 Å². The van der Waals surface area contributed by atoms with E-state index in [0.29, 0.717) is 6.54 Å². The maximum atomic E-state index is 11.6. The molecular weight excluding hydrogens is 270 g/mol. The molecule has 0 unspecified atom stereocenters. The van der Waals surface area contributed by atoms with Crippen molar-refractivity contribution in [2.75, 3.05) is 13.7 Å². The van der Waals surface area contributed by atoms with Gasteiger partial charge in [0.15, 0.2) is 0 Å². The Hall–Kier alpha value is -2.08. The Kier molecular flexibility index (Phi) is 6.68. The Morgan fingerprint density at radius 3 is 2.33 bits per heavy atom. The van der Waals surface area contributed by atoms with Crippen LogP contribution in [-0.2, 0) is 16.1 Å². The third-order valence-corrected chi connectivity index (χ3v) is 3.09. The predicted molar refractivity (Wildman–Crippen MR) is 80.7 cm³/mol. The van der Waals surface area contributed by atoms with Crippen LogP contribution in [0.4, 0.5) is 0 Å². The fourth-order valence-corrected chi connectivity index (χ4v) is 1.59. The van der Waals surface area contributed by atoms with E-state index >= 15 is 0 Å². The van der Waals surface area contributed by atoms with Crippen LogP contribution >= 0.6 is 0 Å². The monoisotopic (exact) mass is 293 g/mol. The molecule has 1 rings (SSSR count). The Labute approximate surface area is 125 Å². The molecule has 0 saturated heterocycles. The van der Waals surface area contributed by atoms with Crippen molar-refractivity contribution in [2.24, 2.45) is 11.7 Å². The summed E-state index contributed by atoms with van der Waals surface area (Å²) >= 11 is 0. The molecule has 6 nitrogen and oxygen atoms in total. The maximum Gasteiger partial charge on any atom is 0.239 e. The minimum absolute atomic E-state index is 0.0346. The summed E-state index contributed by atoms with van der Waals surface area (Å²) in [5.41, 5.74) is 6.64. The number of hydrogen-bond acceptors (Lipinski definition) is 4. The molecule has 2 amide bonds. The van der Waals surface area contributed by atoms with Gasteiger partial charge in [0.25, 0.3) is 0 Å². The SMILES string of the molecule is COc1ccc(CNC(=O)CNC(=O)[C@@H](N)C(C)C)cc1. The van der Waals surface area contributed by atoms with Crippen LogP contribution in [-0.4, -0.2) is 31.5 Å². The number of amides is 2. The van der Waals surface area contributed by atoms with Gasteiger partial charge in [-0.25, -0.2) is 0 Å². The van der Waals surface area contributed by atoms with Gasteiger partial charge in [0.2, 0.25) is 11.8 Å². The molecule has 116 valence electrons. The van der Waals surface area contributed by atoms with Crippen LogP contribution in [0.2, 0.25) is 0 Å². The fraction of sp³-hybridized carbons (Fsp3) is 0.467. The average molecular weight is 293 g/mol. The van der Waals surface area contributed by atoms with Gasteiger partial charge in [-0.3, -0.25) is 9.59 Å². The van der Waals surface area contributed by atoms with E-state index in [9.17, 15) is 9.59 Å². The standard InChI is InChI=1S/C15H23N3O3/c1-10(2)14(16)15(20)18-9-13(19)17-8-11-4-6-12(21-3)7-5-11/h4-7,10,14H,8-9,16H2,1-3H3,(H,17,19)(H,18,20)/t14-/m0/s1. The Bertz CT molecular complexity index is 472. The summed E-state index contributed by atoms with van der Waals surface area (Å²) in [7, 11) is 1.60. The smallest absolute Gasteiger partial charge is 0.239 e. The van der Waals surface area contributed by atoms with Crippen LogP contribution in [0.3, 0.4) is 0 Å².